The number of thiophene rings is 1. The van der Waals surface area contributed by atoms with E-state index in [4.69, 9.17) is 5.73 Å². The molecule has 5 rings (SSSR count). The van der Waals surface area contributed by atoms with Crippen LogP contribution in [0.15, 0.2) is 35.2 Å². The number of rotatable bonds is 2. The topological polar surface area (TPSA) is 105 Å². The molecule has 0 bridgehead atoms. The van der Waals surface area contributed by atoms with Crippen LogP contribution in [0.4, 0.5) is 23.0 Å². The molecule has 188 valence electrons. The number of aryl methyl sites for hydroxylation is 1. The zero-order valence-electron chi connectivity index (χ0n) is 19.1. The highest BCUT2D eigenvalue weighted by molar-refractivity contribution is 8.01. The van der Waals surface area contributed by atoms with Crippen molar-refractivity contribution in [2.45, 2.75) is 42.0 Å². The molecule has 1 fully saturated rings. The number of alkyl halides is 3. The van der Waals surface area contributed by atoms with Crippen molar-refractivity contribution in [1.82, 2.24) is 9.88 Å². The number of urea groups is 1. The summed E-state index contributed by atoms with van der Waals surface area (Å²) in [5.41, 5.74) is 5.99. The van der Waals surface area contributed by atoms with Gasteiger partial charge in [0.1, 0.15) is 15.5 Å². The summed E-state index contributed by atoms with van der Waals surface area (Å²) in [4.78, 5) is 44.1. The minimum absolute atomic E-state index is 0.0225. The molecule has 0 atom stereocenters. The van der Waals surface area contributed by atoms with E-state index in [9.17, 15) is 27.6 Å². The minimum Gasteiger partial charge on any atom is -0.351 e. The first-order chi connectivity index (χ1) is 17.0. The Bertz CT molecular complexity index is 1410. The molecular formula is C24H21F3N4O3S2. The second-order valence-electron chi connectivity index (χ2n) is 9.02. The number of nitrogens with zero attached hydrogens (tertiary/aromatic N) is 2. The monoisotopic (exact) mass is 534 g/mol. The standard InChI is InChI=1S/C24H21F3N4O3S2/c1-12-2-4-16-14(10-12)15(32)11-23(36-16)6-8-31(9-7-23)21(33)18-13-3-5-17(24(25,26)27)29-19(13)35-20(18)30-22(28)34/h2-5,10H,6-9,11H2,1H3,(H3,28,30,34). The van der Waals surface area contributed by atoms with Crippen molar-refractivity contribution in [3.8, 4) is 0 Å². The number of hydrogen-bond acceptors (Lipinski definition) is 6. The molecule has 12 heteroatoms. The molecule has 2 aromatic heterocycles. The highest BCUT2D eigenvalue weighted by atomic mass is 32.2. The van der Waals surface area contributed by atoms with Gasteiger partial charge in [-0.1, -0.05) is 23.0 Å². The number of hydrogen-bond donors (Lipinski definition) is 2. The molecule has 2 aliphatic heterocycles. The third-order valence-electron chi connectivity index (χ3n) is 6.50. The number of halogens is 3. The molecule has 1 spiro atoms. The van der Waals surface area contributed by atoms with Crippen LogP contribution in [0.2, 0.25) is 0 Å². The smallest absolute Gasteiger partial charge is 0.351 e. The van der Waals surface area contributed by atoms with Gasteiger partial charge in [0, 0.05) is 40.1 Å². The lowest BCUT2D eigenvalue weighted by molar-refractivity contribution is -0.140. The van der Waals surface area contributed by atoms with E-state index in [0.717, 1.165) is 33.4 Å². The summed E-state index contributed by atoms with van der Waals surface area (Å²) in [6.07, 6.45) is -3.09. The highest BCUT2D eigenvalue weighted by Gasteiger charge is 2.43. The third kappa shape index (κ3) is 4.43. The maximum absolute atomic E-state index is 13.5. The van der Waals surface area contributed by atoms with Crippen LogP contribution < -0.4 is 11.1 Å². The molecule has 0 radical (unpaired) electrons. The first-order valence-electron chi connectivity index (χ1n) is 11.2. The van der Waals surface area contributed by atoms with Gasteiger partial charge in [0.05, 0.1) is 5.56 Å². The lowest BCUT2D eigenvalue weighted by atomic mass is 9.87. The van der Waals surface area contributed by atoms with Crippen LogP contribution in [0.3, 0.4) is 0 Å². The predicted octanol–water partition coefficient (Wildman–Crippen LogP) is 5.47. The van der Waals surface area contributed by atoms with Crippen molar-refractivity contribution in [3.05, 3.63) is 52.7 Å². The molecule has 1 aromatic carbocycles. The Morgan fingerprint density at radius 1 is 1.17 bits per heavy atom. The van der Waals surface area contributed by atoms with Crippen LogP contribution in [0.25, 0.3) is 10.2 Å². The molecule has 2 aliphatic rings. The van der Waals surface area contributed by atoms with E-state index in [1.165, 1.54) is 6.07 Å². The maximum atomic E-state index is 13.5. The molecule has 3 amide bonds. The summed E-state index contributed by atoms with van der Waals surface area (Å²) in [5.74, 6) is -0.333. The highest BCUT2D eigenvalue weighted by Crippen LogP contribution is 2.49. The van der Waals surface area contributed by atoms with E-state index in [2.05, 4.69) is 10.3 Å². The van der Waals surface area contributed by atoms with Crippen LogP contribution >= 0.6 is 23.1 Å². The van der Waals surface area contributed by atoms with Gasteiger partial charge in [-0.2, -0.15) is 13.2 Å². The number of carbonyl (C=O) groups excluding carboxylic acids is 3. The summed E-state index contributed by atoms with van der Waals surface area (Å²) in [6, 6.07) is 6.92. The van der Waals surface area contributed by atoms with E-state index < -0.39 is 23.8 Å². The fourth-order valence-corrected chi connectivity index (χ4v) is 7.25. The number of likely N-dealkylation sites (tertiary alicyclic amines) is 1. The van der Waals surface area contributed by atoms with Crippen molar-refractivity contribution in [2.24, 2.45) is 5.73 Å². The summed E-state index contributed by atoms with van der Waals surface area (Å²) in [5, 5.41) is 2.63. The number of piperidine rings is 1. The summed E-state index contributed by atoms with van der Waals surface area (Å²) < 4.78 is 39.1. The lowest BCUT2D eigenvalue weighted by Gasteiger charge is -2.43. The number of nitrogens with one attached hydrogen (secondary N) is 1. The average Bonchev–Trinajstić information content (AvgIpc) is 3.15. The largest absolute Gasteiger partial charge is 0.433 e. The minimum atomic E-state index is -4.65. The van der Waals surface area contributed by atoms with Crippen molar-refractivity contribution in [1.29, 1.82) is 0 Å². The molecular weight excluding hydrogens is 513 g/mol. The molecule has 0 aliphatic carbocycles. The molecule has 36 heavy (non-hydrogen) atoms. The van der Waals surface area contributed by atoms with Crippen molar-refractivity contribution in [2.75, 3.05) is 18.4 Å². The number of carbonyl (C=O) groups is 3. The average molecular weight is 535 g/mol. The number of ketones is 1. The summed E-state index contributed by atoms with van der Waals surface area (Å²) >= 11 is 2.45. The van der Waals surface area contributed by atoms with E-state index in [0.29, 0.717) is 32.4 Å². The van der Waals surface area contributed by atoms with E-state index in [-0.39, 0.29) is 31.3 Å². The fourth-order valence-electron chi connectivity index (χ4n) is 4.71. The van der Waals surface area contributed by atoms with Gasteiger partial charge in [0.15, 0.2) is 5.78 Å². The van der Waals surface area contributed by atoms with Gasteiger partial charge in [0.2, 0.25) is 0 Å². The summed E-state index contributed by atoms with van der Waals surface area (Å²) in [7, 11) is 0. The van der Waals surface area contributed by atoms with Gasteiger partial charge < -0.3 is 10.6 Å². The van der Waals surface area contributed by atoms with E-state index in [1.807, 2.05) is 25.1 Å². The van der Waals surface area contributed by atoms with Crippen LogP contribution in [0, 0.1) is 6.92 Å². The number of amides is 3. The number of aromatic nitrogens is 1. The van der Waals surface area contributed by atoms with Crippen molar-refractivity contribution >= 4 is 56.0 Å². The number of thioether (sulfide) groups is 1. The maximum Gasteiger partial charge on any atom is 0.433 e. The van der Waals surface area contributed by atoms with Crippen LogP contribution in [-0.4, -0.2) is 45.4 Å². The first-order valence-corrected chi connectivity index (χ1v) is 12.8. The number of primary amides is 1. The van der Waals surface area contributed by atoms with Crippen LogP contribution in [0.5, 0.6) is 0 Å². The molecule has 1 saturated heterocycles. The predicted molar refractivity (Wildman–Crippen MR) is 132 cm³/mol. The Morgan fingerprint density at radius 3 is 2.56 bits per heavy atom. The molecule has 0 unspecified atom stereocenters. The Morgan fingerprint density at radius 2 is 1.89 bits per heavy atom. The number of anilines is 1. The van der Waals surface area contributed by atoms with Gasteiger partial charge >= 0.3 is 12.2 Å². The molecule has 4 heterocycles. The second kappa shape index (κ2) is 8.77. The van der Waals surface area contributed by atoms with Crippen LogP contribution in [-0.2, 0) is 6.18 Å². The lowest BCUT2D eigenvalue weighted by Crippen LogP contribution is -2.47. The van der Waals surface area contributed by atoms with E-state index in [1.54, 1.807) is 16.7 Å². The quantitative estimate of drug-likeness (QED) is 0.454. The van der Waals surface area contributed by atoms with Crippen LogP contribution in [0.1, 0.15) is 51.2 Å². The number of pyridine rings is 1. The Hall–Kier alpha value is -3.12. The molecule has 3 N–H and O–H groups in total. The Kier molecular flexibility index (Phi) is 5.98. The van der Waals surface area contributed by atoms with Crippen molar-refractivity contribution in [3.63, 3.8) is 0 Å². The first kappa shape index (κ1) is 24.6. The van der Waals surface area contributed by atoms with Crippen molar-refractivity contribution < 1.29 is 27.6 Å². The second-order valence-corrected chi connectivity index (χ2v) is 11.5. The summed E-state index contributed by atoms with van der Waals surface area (Å²) in [6.45, 7) is 2.67. The number of benzene rings is 1. The van der Waals surface area contributed by atoms with Gasteiger partial charge in [-0.05, 0) is 44.0 Å². The normalized spacial score (nSPS) is 17.3. The number of Topliss-reactive ketones (excluding diaryl/α,β-unsaturated/α-hetero) is 1. The number of fused-ring (bicyclic) bond motifs is 2. The third-order valence-corrected chi connectivity index (χ3v) is 9.08. The molecule has 0 saturated carbocycles. The van der Waals surface area contributed by atoms with E-state index >= 15 is 0 Å². The van der Waals surface area contributed by atoms with Gasteiger partial charge in [-0.15, -0.1) is 11.8 Å². The van der Waals surface area contributed by atoms with Gasteiger partial charge in [-0.3, -0.25) is 14.9 Å². The van der Waals surface area contributed by atoms with Gasteiger partial charge in [0.25, 0.3) is 5.91 Å². The molecule has 7 nitrogen and oxygen atoms in total. The zero-order chi connectivity index (χ0) is 25.8. The SMILES string of the molecule is Cc1ccc2c(c1)C(=O)CC1(CCN(C(=O)c3c(NC(N)=O)sc4nc(C(F)(F)F)ccc34)CC1)S2. The molecule has 3 aromatic rings. The zero-order valence-corrected chi connectivity index (χ0v) is 20.7. The Labute approximate surface area is 212 Å². The number of nitrogens with two attached hydrogens (primary N) is 1. The fraction of sp³-hybridized carbons (Fsp3) is 0.333. The Balaban J connectivity index is 1.41. The van der Waals surface area contributed by atoms with Gasteiger partial charge in [-0.25, -0.2) is 9.78 Å².